The number of anilines is 1. The van der Waals surface area contributed by atoms with Crippen molar-refractivity contribution in [3.63, 3.8) is 0 Å². The van der Waals surface area contributed by atoms with Crippen LogP contribution in [0.25, 0.3) is 0 Å². The van der Waals surface area contributed by atoms with Crippen LogP contribution in [0.2, 0.25) is 0 Å². The summed E-state index contributed by atoms with van der Waals surface area (Å²) in [5.41, 5.74) is 1.49. The van der Waals surface area contributed by atoms with Crippen molar-refractivity contribution in [3.05, 3.63) is 23.8 Å². The molecule has 1 aliphatic heterocycles. The zero-order valence-electron chi connectivity index (χ0n) is 13.1. The summed E-state index contributed by atoms with van der Waals surface area (Å²) in [7, 11) is 1.89. The Hall–Kier alpha value is -1.70. The number of fused-ring (bicyclic) bond motifs is 1. The van der Waals surface area contributed by atoms with Crippen LogP contribution in [0.5, 0.6) is 5.75 Å². The van der Waals surface area contributed by atoms with Crippen molar-refractivity contribution in [2.24, 2.45) is 0 Å². The van der Waals surface area contributed by atoms with Gasteiger partial charge in [-0.15, -0.1) is 6.42 Å². The van der Waals surface area contributed by atoms with E-state index >= 15 is 0 Å². The molecule has 0 fully saturated rings. The summed E-state index contributed by atoms with van der Waals surface area (Å²) in [4.78, 5) is 0. The van der Waals surface area contributed by atoms with Crippen molar-refractivity contribution in [1.82, 2.24) is 0 Å². The van der Waals surface area contributed by atoms with Crippen molar-refractivity contribution < 1.29 is 14.2 Å². The molecule has 0 spiro atoms. The van der Waals surface area contributed by atoms with E-state index in [9.17, 15) is 0 Å². The third-order valence-corrected chi connectivity index (χ3v) is 3.63. The molecule has 4 nitrogen and oxygen atoms in total. The number of terminal acetylenes is 1. The average Bonchev–Trinajstić information content (AvgIpc) is 2.46. The Morgan fingerprint density at radius 1 is 1.38 bits per heavy atom. The summed E-state index contributed by atoms with van der Waals surface area (Å²) < 4.78 is 17.9. The Balaban J connectivity index is 2.43. The van der Waals surface area contributed by atoms with Crippen molar-refractivity contribution in [3.8, 4) is 18.1 Å². The Morgan fingerprint density at radius 3 is 2.76 bits per heavy atom. The van der Waals surface area contributed by atoms with E-state index in [-0.39, 0.29) is 18.8 Å². The van der Waals surface area contributed by atoms with E-state index in [0.717, 1.165) is 17.0 Å². The van der Waals surface area contributed by atoms with Gasteiger partial charge in [0.05, 0.1) is 0 Å². The van der Waals surface area contributed by atoms with Gasteiger partial charge < -0.3 is 19.5 Å². The van der Waals surface area contributed by atoms with Gasteiger partial charge in [0.2, 0.25) is 0 Å². The smallest absolute Gasteiger partial charge is 0.132 e. The highest BCUT2D eigenvalue weighted by molar-refractivity contribution is 5.53. The van der Waals surface area contributed by atoms with Crippen LogP contribution in [0.3, 0.4) is 0 Å². The van der Waals surface area contributed by atoms with Crippen LogP contribution < -0.4 is 10.1 Å². The van der Waals surface area contributed by atoms with Crippen molar-refractivity contribution in [1.29, 1.82) is 0 Å². The second-order valence-electron chi connectivity index (χ2n) is 5.52. The van der Waals surface area contributed by atoms with Crippen LogP contribution in [-0.2, 0) is 9.47 Å². The Morgan fingerprint density at radius 2 is 2.14 bits per heavy atom. The maximum atomic E-state index is 6.10. The molecule has 21 heavy (non-hydrogen) atoms. The van der Waals surface area contributed by atoms with Gasteiger partial charge in [-0.05, 0) is 39.0 Å². The Bertz CT molecular complexity index is 533. The summed E-state index contributed by atoms with van der Waals surface area (Å²) in [5, 5.41) is 3.13. The van der Waals surface area contributed by atoms with Crippen LogP contribution in [0.1, 0.15) is 32.4 Å². The highest BCUT2D eigenvalue weighted by Crippen LogP contribution is 2.44. The fourth-order valence-electron chi connectivity index (χ4n) is 2.67. The molecule has 1 aromatic rings. The standard InChI is InChI=1S/C17H23NO3/c1-6-10-20-16-15(19-7-2)13-11-12(18-5)8-9-14(13)21-17(16,3)4/h1,8-9,11,15-16,18H,7,10H2,2-5H3. The molecule has 1 aliphatic rings. The topological polar surface area (TPSA) is 39.7 Å². The summed E-state index contributed by atoms with van der Waals surface area (Å²) in [6, 6.07) is 5.99. The van der Waals surface area contributed by atoms with Gasteiger partial charge in [0.1, 0.15) is 30.2 Å². The molecule has 0 saturated heterocycles. The van der Waals surface area contributed by atoms with Gasteiger partial charge in [-0.1, -0.05) is 5.92 Å². The molecular weight excluding hydrogens is 266 g/mol. The number of hydrogen-bond acceptors (Lipinski definition) is 4. The number of hydrogen-bond donors (Lipinski definition) is 1. The molecule has 0 bridgehead atoms. The minimum atomic E-state index is -0.509. The first-order valence-electron chi connectivity index (χ1n) is 7.21. The van der Waals surface area contributed by atoms with Gasteiger partial charge in [-0.2, -0.15) is 0 Å². The third-order valence-electron chi connectivity index (χ3n) is 3.63. The number of rotatable bonds is 5. The molecule has 0 aliphatic carbocycles. The van der Waals surface area contributed by atoms with Crippen LogP contribution >= 0.6 is 0 Å². The van der Waals surface area contributed by atoms with Crippen LogP contribution in [0, 0.1) is 12.3 Å². The SMILES string of the molecule is C#CCOC1C(OCC)c2cc(NC)ccc2OC1(C)C. The van der Waals surface area contributed by atoms with Gasteiger partial charge in [0, 0.05) is 24.9 Å². The monoisotopic (exact) mass is 289 g/mol. The van der Waals surface area contributed by atoms with E-state index in [4.69, 9.17) is 20.6 Å². The maximum absolute atomic E-state index is 6.10. The van der Waals surface area contributed by atoms with E-state index in [2.05, 4.69) is 11.2 Å². The summed E-state index contributed by atoms with van der Waals surface area (Å²) in [6.07, 6.45) is 4.87. The lowest BCUT2D eigenvalue weighted by molar-refractivity contribution is -0.154. The molecule has 1 heterocycles. The van der Waals surface area contributed by atoms with Gasteiger partial charge in [0.25, 0.3) is 0 Å². The zero-order chi connectivity index (χ0) is 15.5. The molecule has 2 unspecified atom stereocenters. The van der Waals surface area contributed by atoms with E-state index in [1.165, 1.54) is 0 Å². The van der Waals surface area contributed by atoms with Crippen molar-refractivity contribution in [2.45, 2.75) is 38.6 Å². The lowest BCUT2D eigenvalue weighted by Gasteiger charge is -2.44. The number of ether oxygens (including phenoxy) is 3. The molecule has 4 heteroatoms. The minimum absolute atomic E-state index is 0.199. The quantitative estimate of drug-likeness (QED) is 0.846. The fraction of sp³-hybridized carbons (Fsp3) is 0.529. The lowest BCUT2D eigenvalue weighted by atomic mass is 9.88. The van der Waals surface area contributed by atoms with E-state index in [0.29, 0.717) is 6.61 Å². The van der Waals surface area contributed by atoms with Crippen molar-refractivity contribution in [2.75, 3.05) is 25.6 Å². The van der Waals surface area contributed by atoms with Gasteiger partial charge >= 0.3 is 0 Å². The average molecular weight is 289 g/mol. The number of nitrogens with one attached hydrogen (secondary N) is 1. The lowest BCUT2D eigenvalue weighted by Crippen LogP contribution is -2.51. The normalized spacial score (nSPS) is 22.8. The zero-order valence-corrected chi connectivity index (χ0v) is 13.1. The van der Waals surface area contributed by atoms with Crippen LogP contribution in [0.4, 0.5) is 5.69 Å². The summed E-state index contributed by atoms with van der Waals surface area (Å²) >= 11 is 0. The predicted octanol–water partition coefficient (Wildman–Crippen LogP) is 3.00. The highest BCUT2D eigenvalue weighted by Gasteiger charge is 2.45. The molecule has 1 aromatic carbocycles. The first-order chi connectivity index (χ1) is 10.0. The molecule has 1 N–H and O–H groups in total. The number of benzene rings is 1. The summed E-state index contributed by atoms with van der Waals surface area (Å²) in [5.74, 6) is 3.35. The van der Waals surface area contributed by atoms with E-state index < -0.39 is 5.60 Å². The molecule has 0 radical (unpaired) electrons. The third kappa shape index (κ3) is 3.15. The summed E-state index contributed by atoms with van der Waals surface area (Å²) in [6.45, 7) is 6.80. The first-order valence-corrected chi connectivity index (χ1v) is 7.21. The van der Waals surface area contributed by atoms with Crippen LogP contribution in [-0.4, -0.2) is 32.0 Å². The second kappa shape index (κ2) is 6.38. The molecule has 0 saturated carbocycles. The van der Waals surface area contributed by atoms with E-state index in [1.807, 2.05) is 46.0 Å². The van der Waals surface area contributed by atoms with Gasteiger partial charge in [0.15, 0.2) is 0 Å². The highest BCUT2D eigenvalue weighted by atomic mass is 16.6. The fourth-order valence-corrected chi connectivity index (χ4v) is 2.67. The Labute approximate surface area is 126 Å². The maximum Gasteiger partial charge on any atom is 0.132 e. The Kier molecular flexibility index (Phi) is 4.76. The molecule has 2 rings (SSSR count). The van der Waals surface area contributed by atoms with E-state index in [1.54, 1.807) is 0 Å². The first kappa shape index (κ1) is 15.7. The molecule has 0 amide bonds. The molecular formula is C17H23NO3. The minimum Gasteiger partial charge on any atom is -0.485 e. The second-order valence-corrected chi connectivity index (χ2v) is 5.52. The van der Waals surface area contributed by atoms with Crippen molar-refractivity contribution >= 4 is 5.69 Å². The van der Waals surface area contributed by atoms with Crippen LogP contribution in [0.15, 0.2) is 18.2 Å². The molecule has 0 aromatic heterocycles. The molecule has 114 valence electrons. The largest absolute Gasteiger partial charge is 0.485 e. The van der Waals surface area contributed by atoms with Gasteiger partial charge in [-0.25, -0.2) is 0 Å². The van der Waals surface area contributed by atoms with Gasteiger partial charge in [-0.3, -0.25) is 0 Å². The predicted molar refractivity (Wildman–Crippen MR) is 83.6 cm³/mol. The molecule has 2 atom stereocenters.